The maximum Gasteiger partial charge on any atom is 0.319 e. The first-order valence-electron chi connectivity index (χ1n) is 8.06. The van der Waals surface area contributed by atoms with Crippen molar-refractivity contribution in [3.63, 3.8) is 0 Å². The van der Waals surface area contributed by atoms with Crippen LogP contribution in [0.4, 0.5) is 16.2 Å². The number of rotatable bonds is 4. The molecule has 0 atom stereocenters. The van der Waals surface area contributed by atoms with Gasteiger partial charge in [0.15, 0.2) is 0 Å². The number of benzene rings is 1. The zero-order valence-corrected chi connectivity index (χ0v) is 14.7. The monoisotopic (exact) mass is 361 g/mol. The van der Waals surface area contributed by atoms with Crippen LogP contribution in [-0.2, 0) is 11.3 Å². The molecule has 1 aliphatic rings. The summed E-state index contributed by atoms with van der Waals surface area (Å²) in [5.74, 6) is 0. The first-order valence-corrected chi connectivity index (χ1v) is 8.44. The highest BCUT2D eigenvalue weighted by atomic mass is 35.5. The van der Waals surface area contributed by atoms with Crippen LogP contribution in [0.3, 0.4) is 0 Å². The van der Waals surface area contributed by atoms with Gasteiger partial charge in [-0.2, -0.15) is 0 Å². The topological polar surface area (TPSA) is 79.4 Å². The molecule has 2 heterocycles. The fourth-order valence-electron chi connectivity index (χ4n) is 2.48. The van der Waals surface area contributed by atoms with Crippen LogP contribution in [0.1, 0.15) is 11.4 Å². The molecule has 8 heteroatoms. The largest absolute Gasteiger partial charge is 0.378 e. The number of hydrogen-bond acceptors (Lipinski definition) is 5. The molecule has 3 rings (SSSR count). The van der Waals surface area contributed by atoms with Crippen LogP contribution in [0.25, 0.3) is 0 Å². The third-order valence-electron chi connectivity index (χ3n) is 3.84. The van der Waals surface area contributed by atoms with Crippen molar-refractivity contribution in [3.05, 3.63) is 47.0 Å². The first kappa shape index (κ1) is 17.4. The van der Waals surface area contributed by atoms with Gasteiger partial charge in [-0.25, -0.2) is 4.79 Å². The second-order valence-corrected chi connectivity index (χ2v) is 6.13. The van der Waals surface area contributed by atoms with Crippen molar-refractivity contribution in [2.75, 3.05) is 36.5 Å². The number of hydrogen-bond donors (Lipinski definition) is 2. The van der Waals surface area contributed by atoms with Gasteiger partial charge in [0.05, 0.1) is 48.1 Å². The highest BCUT2D eigenvalue weighted by Gasteiger charge is 2.14. The number of nitrogens with zero attached hydrogens (tertiary/aromatic N) is 3. The first-order chi connectivity index (χ1) is 12.1. The summed E-state index contributed by atoms with van der Waals surface area (Å²) in [6.45, 7) is 5.19. The van der Waals surface area contributed by atoms with Gasteiger partial charge in [-0.3, -0.25) is 9.97 Å². The van der Waals surface area contributed by atoms with Crippen molar-refractivity contribution in [2.24, 2.45) is 0 Å². The number of amides is 2. The predicted molar refractivity (Wildman–Crippen MR) is 97.1 cm³/mol. The van der Waals surface area contributed by atoms with Crippen molar-refractivity contribution < 1.29 is 9.53 Å². The van der Waals surface area contributed by atoms with Crippen LogP contribution < -0.4 is 15.5 Å². The van der Waals surface area contributed by atoms with Crippen molar-refractivity contribution in [3.8, 4) is 0 Å². The molecule has 1 fully saturated rings. The Bertz CT molecular complexity index is 732. The van der Waals surface area contributed by atoms with Gasteiger partial charge in [0.25, 0.3) is 0 Å². The molecule has 1 aromatic carbocycles. The lowest BCUT2D eigenvalue weighted by Gasteiger charge is -2.29. The van der Waals surface area contributed by atoms with Gasteiger partial charge in [0.2, 0.25) is 0 Å². The number of aromatic nitrogens is 2. The summed E-state index contributed by atoms with van der Waals surface area (Å²) in [4.78, 5) is 22.7. The molecular weight excluding hydrogens is 342 g/mol. The van der Waals surface area contributed by atoms with Crippen molar-refractivity contribution in [1.82, 2.24) is 15.3 Å². The minimum atomic E-state index is -0.344. The minimum Gasteiger partial charge on any atom is -0.378 e. The van der Waals surface area contributed by atoms with Crippen LogP contribution in [0.15, 0.2) is 30.6 Å². The zero-order valence-electron chi connectivity index (χ0n) is 14.0. The molecule has 0 saturated carbocycles. The second-order valence-electron chi connectivity index (χ2n) is 5.72. The molecule has 2 aromatic rings. The van der Waals surface area contributed by atoms with E-state index in [4.69, 9.17) is 16.3 Å². The van der Waals surface area contributed by atoms with Gasteiger partial charge < -0.3 is 20.3 Å². The Morgan fingerprint density at radius 2 is 2.08 bits per heavy atom. The third-order valence-corrected chi connectivity index (χ3v) is 4.17. The molecule has 7 nitrogen and oxygen atoms in total. The summed E-state index contributed by atoms with van der Waals surface area (Å²) in [7, 11) is 0. The standard InChI is InChI=1S/C17H20ClN5O2/c1-12-9-20-13(10-19-12)11-21-17(24)22-16-8-14(2-3-15(16)18)23-4-6-25-7-5-23/h2-3,8-10H,4-7,11H2,1H3,(H2,21,22,24). The van der Waals surface area contributed by atoms with Gasteiger partial charge in [-0.15, -0.1) is 0 Å². The number of morpholine rings is 1. The number of halogens is 1. The smallest absolute Gasteiger partial charge is 0.319 e. The van der Waals surface area contributed by atoms with Gasteiger partial charge in [0, 0.05) is 25.0 Å². The Morgan fingerprint density at radius 3 is 2.80 bits per heavy atom. The Morgan fingerprint density at radius 1 is 1.28 bits per heavy atom. The molecule has 0 spiro atoms. The van der Waals surface area contributed by atoms with Crippen LogP contribution >= 0.6 is 11.6 Å². The summed E-state index contributed by atoms with van der Waals surface area (Å²) >= 11 is 6.21. The molecule has 0 unspecified atom stereocenters. The van der Waals surface area contributed by atoms with Gasteiger partial charge >= 0.3 is 6.03 Å². The summed E-state index contributed by atoms with van der Waals surface area (Å²) in [5.41, 5.74) is 3.10. The van der Waals surface area contributed by atoms with Crippen LogP contribution in [0.2, 0.25) is 5.02 Å². The van der Waals surface area contributed by atoms with E-state index in [1.165, 1.54) is 0 Å². The number of aryl methyl sites for hydroxylation is 1. The Balaban J connectivity index is 1.60. The Kier molecular flexibility index (Phi) is 5.67. The number of ether oxygens (including phenoxy) is 1. The summed E-state index contributed by atoms with van der Waals surface area (Å²) in [5, 5.41) is 6.02. The third kappa shape index (κ3) is 4.80. The van der Waals surface area contributed by atoms with Gasteiger partial charge in [-0.1, -0.05) is 11.6 Å². The maximum absolute atomic E-state index is 12.1. The van der Waals surface area contributed by atoms with E-state index in [1.807, 2.05) is 19.1 Å². The van der Waals surface area contributed by atoms with E-state index in [0.29, 0.717) is 36.2 Å². The van der Waals surface area contributed by atoms with Crippen molar-refractivity contribution in [1.29, 1.82) is 0 Å². The average molecular weight is 362 g/mol. The second kappa shape index (κ2) is 8.13. The fraction of sp³-hybridized carbons (Fsp3) is 0.353. The lowest BCUT2D eigenvalue weighted by molar-refractivity contribution is 0.122. The van der Waals surface area contributed by atoms with E-state index in [0.717, 1.165) is 24.5 Å². The molecule has 2 amide bonds. The van der Waals surface area contributed by atoms with Crippen molar-refractivity contribution in [2.45, 2.75) is 13.5 Å². The quantitative estimate of drug-likeness (QED) is 0.875. The maximum atomic E-state index is 12.1. The number of carbonyl (C=O) groups is 1. The van der Waals surface area contributed by atoms with Crippen LogP contribution in [-0.4, -0.2) is 42.3 Å². The highest BCUT2D eigenvalue weighted by molar-refractivity contribution is 6.33. The SMILES string of the molecule is Cc1cnc(CNC(=O)Nc2cc(N3CCOCC3)ccc2Cl)cn1. The number of anilines is 2. The highest BCUT2D eigenvalue weighted by Crippen LogP contribution is 2.28. The number of carbonyl (C=O) groups excluding carboxylic acids is 1. The van der Waals surface area contributed by atoms with E-state index in [1.54, 1.807) is 18.5 Å². The van der Waals surface area contributed by atoms with Crippen molar-refractivity contribution >= 4 is 29.0 Å². The van der Waals surface area contributed by atoms with E-state index in [9.17, 15) is 4.79 Å². The normalized spacial score (nSPS) is 14.2. The fourth-order valence-corrected chi connectivity index (χ4v) is 2.64. The van der Waals surface area contributed by atoms with E-state index >= 15 is 0 Å². The number of urea groups is 1. The molecule has 132 valence electrons. The molecular formula is C17H20ClN5O2. The lowest BCUT2D eigenvalue weighted by Crippen LogP contribution is -2.36. The molecule has 1 saturated heterocycles. The molecule has 0 aliphatic carbocycles. The van der Waals surface area contributed by atoms with E-state index in [2.05, 4.69) is 25.5 Å². The molecule has 0 radical (unpaired) electrons. The van der Waals surface area contributed by atoms with E-state index < -0.39 is 0 Å². The van der Waals surface area contributed by atoms with Gasteiger partial charge in [-0.05, 0) is 25.1 Å². The van der Waals surface area contributed by atoms with Crippen LogP contribution in [0, 0.1) is 6.92 Å². The summed E-state index contributed by atoms with van der Waals surface area (Å²) in [6.07, 6.45) is 3.30. The molecule has 0 bridgehead atoms. The minimum absolute atomic E-state index is 0.292. The number of nitrogens with one attached hydrogen (secondary N) is 2. The Labute approximate surface area is 151 Å². The molecule has 2 N–H and O–H groups in total. The molecule has 1 aromatic heterocycles. The average Bonchev–Trinajstić information content (AvgIpc) is 2.64. The molecule has 25 heavy (non-hydrogen) atoms. The predicted octanol–water partition coefficient (Wildman–Crippen LogP) is 2.60. The Hall–Kier alpha value is -2.38. The molecule has 1 aliphatic heterocycles. The zero-order chi connectivity index (χ0) is 17.6. The summed E-state index contributed by atoms with van der Waals surface area (Å²) < 4.78 is 5.36. The summed E-state index contributed by atoms with van der Waals surface area (Å²) in [6, 6.07) is 5.26. The van der Waals surface area contributed by atoms with E-state index in [-0.39, 0.29) is 6.03 Å². The lowest BCUT2D eigenvalue weighted by atomic mass is 10.2. The van der Waals surface area contributed by atoms with Gasteiger partial charge in [0.1, 0.15) is 0 Å². The van der Waals surface area contributed by atoms with Crippen LogP contribution in [0.5, 0.6) is 0 Å².